The zero-order valence-electron chi connectivity index (χ0n) is 20.5. The van der Waals surface area contributed by atoms with Crippen molar-refractivity contribution in [2.24, 2.45) is 11.7 Å². The summed E-state index contributed by atoms with van der Waals surface area (Å²) in [7, 11) is 0. The van der Waals surface area contributed by atoms with Crippen LogP contribution in [-0.4, -0.2) is 76.6 Å². The Bertz CT molecular complexity index is 1020. The predicted octanol–water partition coefficient (Wildman–Crippen LogP) is 2.37. The number of amides is 3. The van der Waals surface area contributed by atoms with Crippen LogP contribution >= 0.6 is 0 Å². The van der Waals surface area contributed by atoms with Crippen LogP contribution in [-0.2, 0) is 14.3 Å². The van der Waals surface area contributed by atoms with Gasteiger partial charge in [-0.2, -0.15) is 0 Å². The van der Waals surface area contributed by atoms with Gasteiger partial charge >= 0.3 is 12.1 Å². The van der Waals surface area contributed by atoms with Gasteiger partial charge in [-0.05, 0) is 69.7 Å². The Morgan fingerprint density at radius 1 is 1.14 bits per heavy atom. The Morgan fingerprint density at radius 2 is 1.80 bits per heavy atom. The summed E-state index contributed by atoms with van der Waals surface area (Å²) < 4.78 is 5.47. The summed E-state index contributed by atoms with van der Waals surface area (Å²) in [4.78, 5) is 54.4. The molecule has 2 atom stereocenters. The molecule has 0 bridgehead atoms. The Labute approximate surface area is 205 Å². The minimum Gasteiger partial charge on any atom is -0.480 e. The van der Waals surface area contributed by atoms with Gasteiger partial charge in [0.15, 0.2) is 0 Å². The van der Waals surface area contributed by atoms with Crippen molar-refractivity contribution in [3.8, 4) is 0 Å². The summed E-state index contributed by atoms with van der Waals surface area (Å²) in [5.74, 6) is -1.82. The lowest BCUT2D eigenvalue weighted by molar-refractivity contribution is -0.143. The van der Waals surface area contributed by atoms with E-state index in [9.17, 15) is 24.3 Å². The van der Waals surface area contributed by atoms with Gasteiger partial charge in [0.05, 0.1) is 6.04 Å². The van der Waals surface area contributed by atoms with Crippen LogP contribution in [0.1, 0.15) is 68.4 Å². The van der Waals surface area contributed by atoms with Crippen molar-refractivity contribution in [1.29, 1.82) is 0 Å². The predicted molar refractivity (Wildman–Crippen MR) is 128 cm³/mol. The number of fused-ring (bicyclic) bond motifs is 1. The highest BCUT2D eigenvalue weighted by Crippen LogP contribution is 2.51. The number of nitrogens with two attached hydrogens (primary N) is 1. The van der Waals surface area contributed by atoms with Crippen molar-refractivity contribution in [2.75, 3.05) is 31.1 Å². The van der Waals surface area contributed by atoms with Crippen molar-refractivity contribution in [2.45, 2.75) is 64.1 Å². The summed E-state index contributed by atoms with van der Waals surface area (Å²) in [6, 6.07) is 4.22. The van der Waals surface area contributed by atoms with E-state index in [1.807, 2.05) is 32.9 Å². The van der Waals surface area contributed by atoms with Gasteiger partial charge in [0.1, 0.15) is 11.6 Å². The molecule has 10 heteroatoms. The van der Waals surface area contributed by atoms with E-state index in [0.717, 1.165) is 24.1 Å². The molecule has 1 saturated carbocycles. The van der Waals surface area contributed by atoms with Crippen molar-refractivity contribution < 1.29 is 29.0 Å². The van der Waals surface area contributed by atoms with E-state index < -0.39 is 23.5 Å². The topological polar surface area (TPSA) is 133 Å². The lowest BCUT2D eigenvalue weighted by Crippen LogP contribution is -2.50. The van der Waals surface area contributed by atoms with Crippen LogP contribution in [0.25, 0.3) is 0 Å². The molecule has 2 unspecified atom stereocenters. The van der Waals surface area contributed by atoms with Crippen molar-refractivity contribution in [1.82, 2.24) is 9.80 Å². The number of carbonyl (C=O) groups is 4. The average Bonchev–Trinajstić information content (AvgIpc) is 3.57. The molecule has 0 spiro atoms. The van der Waals surface area contributed by atoms with E-state index in [1.165, 1.54) is 4.90 Å². The molecule has 1 aromatic carbocycles. The fraction of sp³-hybridized carbons (Fsp3) is 0.600. The van der Waals surface area contributed by atoms with Crippen molar-refractivity contribution >= 4 is 29.6 Å². The van der Waals surface area contributed by atoms with Gasteiger partial charge < -0.3 is 30.3 Å². The van der Waals surface area contributed by atoms with Gasteiger partial charge in [0.25, 0.3) is 5.91 Å². The normalized spacial score (nSPS) is 21.1. The van der Waals surface area contributed by atoms with Gasteiger partial charge in [0, 0.05) is 43.9 Å². The van der Waals surface area contributed by atoms with Gasteiger partial charge in [0.2, 0.25) is 5.91 Å². The van der Waals surface area contributed by atoms with Crippen molar-refractivity contribution in [3.05, 3.63) is 29.3 Å². The highest BCUT2D eigenvalue weighted by atomic mass is 16.6. The van der Waals surface area contributed by atoms with Crippen LogP contribution < -0.4 is 10.6 Å². The molecule has 4 rings (SSSR count). The fourth-order valence-electron chi connectivity index (χ4n) is 4.96. The molecule has 190 valence electrons. The summed E-state index contributed by atoms with van der Waals surface area (Å²) in [5.41, 5.74) is 7.01. The van der Waals surface area contributed by atoms with E-state index in [-0.39, 0.29) is 36.8 Å². The molecule has 3 amide bonds. The lowest BCUT2D eigenvalue weighted by Gasteiger charge is -2.37. The third kappa shape index (κ3) is 5.36. The molecular formula is C25H34N4O6. The second-order valence-corrected chi connectivity index (χ2v) is 10.6. The quantitative estimate of drug-likeness (QED) is 0.604. The molecular weight excluding hydrogens is 452 g/mol. The third-order valence-corrected chi connectivity index (χ3v) is 6.77. The van der Waals surface area contributed by atoms with Crippen LogP contribution in [0.5, 0.6) is 0 Å². The molecule has 35 heavy (non-hydrogen) atoms. The first kappa shape index (κ1) is 24.8. The van der Waals surface area contributed by atoms with Gasteiger partial charge in [-0.1, -0.05) is 0 Å². The van der Waals surface area contributed by atoms with Crippen LogP contribution in [0.15, 0.2) is 18.2 Å². The molecule has 1 aromatic rings. The van der Waals surface area contributed by atoms with Crippen LogP contribution in [0.4, 0.5) is 10.5 Å². The molecule has 0 aromatic heterocycles. The number of carboxylic acid groups (broad SMARTS) is 1. The first-order valence-corrected chi connectivity index (χ1v) is 12.2. The van der Waals surface area contributed by atoms with Gasteiger partial charge in [-0.3, -0.25) is 9.59 Å². The number of hydrogen-bond acceptors (Lipinski definition) is 6. The zero-order chi connectivity index (χ0) is 25.5. The highest BCUT2D eigenvalue weighted by Gasteiger charge is 2.49. The second kappa shape index (κ2) is 9.39. The summed E-state index contributed by atoms with van der Waals surface area (Å²) >= 11 is 0. The number of carbonyl (C=O) groups excluding carboxylic acids is 3. The van der Waals surface area contributed by atoms with Crippen molar-refractivity contribution in [3.63, 3.8) is 0 Å². The maximum Gasteiger partial charge on any atom is 0.410 e. The van der Waals surface area contributed by atoms with E-state index in [2.05, 4.69) is 4.90 Å². The lowest BCUT2D eigenvalue weighted by atomic mass is 9.98. The molecule has 2 aliphatic heterocycles. The van der Waals surface area contributed by atoms with Gasteiger partial charge in [-0.25, -0.2) is 9.59 Å². The molecule has 1 saturated heterocycles. The number of anilines is 1. The van der Waals surface area contributed by atoms with E-state index in [0.29, 0.717) is 31.7 Å². The Hall–Kier alpha value is -3.30. The first-order chi connectivity index (χ1) is 16.5. The molecule has 10 nitrogen and oxygen atoms in total. The Kier molecular flexibility index (Phi) is 6.66. The number of nitrogens with zero attached hydrogens (tertiary/aromatic N) is 3. The first-order valence-electron chi connectivity index (χ1n) is 12.2. The number of carboxylic acids is 1. The zero-order valence-corrected chi connectivity index (χ0v) is 20.5. The summed E-state index contributed by atoms with van der Waals surface area (Å²) in [6.07, 6.45) is 1.43. The monoisotopic (exact) mass is 486 g/mol. The number of aliphatic carboxylic acids is 1. The number of ether oxygens (including phenoxy) is 1. The third-order valence-electron chi connectivity index (χ3n) is 6.77. The Morgan fingerprint density at radius 3 is 2.34 bits per heavy atom. The van der Waals surface area contributed by atoms with E-state index in [1.54, 1.807) is 11.0 Å². The maximum atomic E-state index is 13.3. The SMILES string of the molecule is CC(C)(C)OC(=O)N1CCN(c2ccc3c(c2)C(C2CC2)N(C(CCC(N)=O)C(=O)O)C3=O)CC1. The minimum absolute atomic E-state index is 0.00685. The maximum absolute atomic E-state index is 13.3. The molecule has 3 aliphatic rings. The molecule has 0 radical (unpaired) electrons. The standard InChI is InChI=1S/C25H34N4O6/c1-25(2,3)35-24(34)28-12-10-27(11-13-28)16-6-7-17-18(14-16)21(15-4-5-15)29(22(17)31)19(23(32)33)8-9-20(26)30/h6-7,14-15,19,21H,4-5,8-13H2,1-3H3,(H2,26,30)(H,32,33). The average molecular weight is 487 g/mol. The van der Waals surface area contributed by atoms with E-state index >= 15 is 0 Å². The van der Waals surface area contributed by atoms with Crippen LogP contribution in [0, 0.1) is 5.92 Å². The molecule has 2 fully saturated rings. The number of benzene rings is 1. The molecule has 2 heterocycles. The van der Waals surface area contributed by atoms with Crippen LogP contribution in [0.3, 0.4) is 0 Å². The molecule has 1 aliphatic carbocycles. The highest BCUT2D eigenvalue weighted by molar-refractivity contribution is 6.02. The van der Waals surface area contributed by atoms with Crippen LogP contribution in [0.2, 0.25) is 0 Å². The Balaban J connectivity index is 1.52. The number of primary amides is 1. The number of piperazine rings is 1. The largest absolute Gasteiger partial charge is 0.480 e. The minimum atomic E-state index is -1.13. The molecule has 3 N–H and O–H groups in total. The van der Waals surface area contributed by atoms with Gasteiger partial charge in [-0.15, -0.1) is 0 Å². The number of rotatable bonds is 7. The van der Waals surface area contributed by atoms with E-state index in [4.69, 9.17) is 10.5 Å². The smallest absolute Gasteiger partial charge is 0.410 e. The number of hydrogen-bond donors (Lipinski definition) is 2. The second-order valence-electron chi connectivity index (χ2n) is 10.6. The fourth-order valence-corrected chi connectivity index (χ4v) is 4.96. The summed E-state index contributed by atoms with van der Waals surface area (Å²) in [6.45, 7) is 7.83. The summed E-state index contributed by atoms with van der Waals surface area (Å²) in [5, 5.41) is 9.87.